The van der Waals surface area contributed by atoms with Gasteiger partial charge in [0.25, 0.3) is 5.91 Å². The Bertz CT molecular complexity index is 629. The molecule has 0 unspecified atom stereocenters. The second kappa shape index (κ2) is 6.52. The maximum atomic E-state index is 12.2. The van der Waals surface area contributed by atoms with Crippen LogP contribution in [0.15, 0.2) is 41.1 Å². The molecule has 0 fully saturated rings. The van der Waals surface area contributed by atoms with Crippen LogP contribution in [0.5, 0.6) is 5.75 Å². The van der Waals surface area contributed by atoms with Crippen molar-refractivity contribution in [3.05, 3.63) is 52.3 Å². The highest BCUT2D eigenvalue weighted by Gasteiger charge is 2.10. The smallest absolute Gasteiger partial charge is 0.255 e. The van der Waals surface area contributed by atoms with E-state index < -0.39 is 0 Å². The van der Waals surface area contributed by atoms with E-state index in [1.165, 1.54) is 0 Å². The highest BCUT2D eigenvalue weighted by atomic mass is 79.9. The third kappa shape index (κ3) is 3.57. The van der Waals surface area contributed by atoms with E-state index in [1.807, 2.05) is 32.0 Å². The minimum atomic E-state index is -0.196. The molecule has 1 aromatic heterocycles. The fraction of sp³-hybridized carbons (Fsp3) is 0.200. The summed E-state index contributed by atoms with van der Waals surface area (Å²) in [4.78, 5) is 16.2. The maximum Gasteiger partial charge on any atom is 0.255 e. The van der Waals surface area contributed by atoms with Crippen LogP contribution in [0.2, 0.25) is 0 Å². The second-order valence-corrected chi connectivity index (χ2v) is 5.07. The summed E-state index contributed by atoms with van der Waals surface area (Å²) >= 11 is 3.25. The molecule has 0 atom stereocenters. The number of ether oxygens (including phenoxy) is 1. The first-order valence-electron chi connectivity index (χ1n) is 6.26. The van der Waals surface area contributed by atoms with Crippen molar-refractivity contribution in [2.45, 2.75) is 13.8 Å². The van der Waals surface area contributed by atoms with E-state index in [1.54, 1.807) is 18.3 Å². The van der Waals surface area contributed by atoms with Crippen molar-refractivity contribution >= 4 is 27.5 Å². The van der Waals surface area contributed by atoms with Crippen LogP contribution in [0.4, 0.5) is 5.69 Å². The van der Waals surface area contributed by atoms with E-state index in [0.717, 1.165) is 5.56 Å². The van der Waals surface area contributed by atoms with Gasteiger partial charge in [0.15, 0.2) is 0 Å². The van der Waals surface area contributed by atoms with Gasteiger partial charge >= 0.3 is 0 Å². The Morgan fingerprint density at radius 1 is 1.35 bits per heavy atom. The quantitative estimate of drug-likeness (QED) is 0.865. The molecule has 104 valence electrons. The third-order valence-corrected chi connectivity index (χ3v) is 3.11. The summed E-state index contributed by atoms with van der Waals surface area (Å²) < 4.78 is 6.17. The molecular weight excluding hydrogens is 320 g/mol. The van der Waals surface area contributed by atoms with Crippen molar-refractivity contribution in [2.24, 2.45) is 0 Å². The van der Waals surface area contributed by atoms with Gasteiger partial charge in [-0.15, -0.1) is 0 Å². The van der Waals surface area contributed by atoms with E-state index in [9.17, 15) is 4.79 Å². The van der Waals surface area contributed by atoms with Crippen molar-refractivity contribution in [3.63, 3.8) is 0 Å². The van der Waals surface area contributed by atoms with E-state index in [4.69, 9.17) is 4.74 Å². The molecule has 4 nitrogen and oxygen atoms in total. The minimum Gasteiger partial charge on any atom is -0.492 e. The molecule has 2 aromatic rings. The number of halogens is 1. The van der Waals surface area contributed by atoms with Gasteiger partial charge in [0.1, 0.15) is 10.4 Å². The number of rotatable bonds is 4. The average Bonchev–Trinajstić information content (AvgIpc) is 2.42. The van der Waals surface area contributed by atoms with Gasteiger partial charge in [0.2, 0.25) is 0 Å². The van der Waals surface area contributed by atoms with Crippen LogP contribution in [0.1, 0.15) is 22.8 Å². The number of carbonyl (C=O) groups is 1. The van der Waals surface area contributed by atoms with Crippen LogP contribution in [0, 0.1) is 6.92 Å². The van der Waals surface area contributed by atoms with Gasteiger partial charge < -0.3 is 10.1 Å². The number of hydrogen-bond acceptors (Lipinski definition) is 3. The standard InChI is InChI=1S/C15H15BrN2O2/c1-3-20-13-8-10(2)4-5-12(13)18-15(19)11-6-7-17-14(16)9-11/h4-9H,3H2,1-2H3,(H,18,19). The Labute approximate surface area is 126 Å². The number of aromatic nitrogens is 1. The van der Waals surface area contributed by atoms with Crippen LogP contribution in [0.3, 0.4) is 0 Å². The third-order valence-electron chi connectivity index (χ3n) is 2.67. The van der Waals surface area contributed by atoms with E-state index in [0.29, 0.717) is 28.2 Å². The molecule has 5 heteroatoms. The fourth-order valence-electron chi connectivity index (χ4n) is 1.75. The maximum absolute atomic E-state index is 12.2. The molecule has 0 aliphatic rings. The van der Waals surface area contributed by atoms with Crippen molar-refractivity contribution in [1.82, 2.24) is 4.98 Å². The van der Waals surface area contributed by atoms with Crippen LogP contribution < -0.4 is 10.1 Å². The first-order valence-corrected chi connectivity index (χ1v) is 7.06. The van der Waals surface area contributed by atoms with Crippen molar-refractivity contribution < 1.29 is 9.53 Å². The zero-order valence-electron chi connectivity index (χ0n) is 11.3. The highest BCUT2D eigenvalue weighted by molar-refractivity contribution is 9.10. The topological polar surface area (TPSA) is 51.2 Å². The summed E-state index contributed by atoms with van der Waals surface area (Å²) in [6.45, 7) is 4.44. The minimum absolute atomic E-state index is 0.196. The molecule has 1 amide bonds. The number of nitrogens with zero attached hydrogens (tertiary/aromatic N) is 1. The molecule has 2 rings (SSSR count). The number of aryl methyl sites for hydroxylation is 1. The van der Waals surface area contributed by atoms with Crippen LogP contribution >= 0.6 is 15.9 Å². The summed E-state index contributed by atoms with van der Waals surface area (Å²) in [5, 5.41) is 2.85. The van der Waals surface area contributed by atoms with Gasteiger partial charge in [0, 0.05) is 11.8 Å². The largest absolute Gasteiger partial charge is 0.492 e. The predicted octanol–water partition coefficient (Wildman–Crippen LogP) is 3.80. The number of anilines is 1. The zero-order chi connectivity index (χ0) is 14.5. The molecular formula is C15H15BrN2O2. The molecule has 1 aromatic carbocycles. The number of carbonyl (C=O) groups excluding carboxylic acids is 1. The van der Waals surface area contributed by atoms with E-state index >= 15 is 0 Å². The summed E-state index contributed by atoms with van der Waals surface area (Å²) in [7, 11) is 0. The fourth-order valence-corrected chi connectivity index (χ4v) is 2.11. The lowest BCUT2D eigenvalue weighted by atomic mass is 10.2. The van der Waals surface area contributed by atoms with Gasteiger partial charge in [-0.25, -0.2) is 4.98 Å². The number of benzene rings is 1. The first kappa shape index (κ1) is 14.5. The van der Waals surface area contributed by atoms with E-state index in [-0.39, 0.29) is 5.91 Å². The van der Waals surface area contributed by atoms with Gasteiger partial charge in [-0.05, 0) is 59.6 Å². The Morgan fingerprint density at radius 2 is 2.15 bits per heavy atom. The molecule has 0 aliphatic carbocycles. The Balaban J connectivity index is 2.23. The number of nitrogens with one attached hydrogen (secondary N) is 1. The van der Waals surface area contributed by atoms with Crippen molar-refractivity contribution in [2.75, 3.05) is 11.9 Å². The average molecular weight is 335 g/mol. The lowest BCUT2D eigenvalue weighted by molar-refractivity contribution is 0.102. The predicted molar refractivity (Wildman–Crippen MR) is 82.2 cm³/mol. The van der Waals surface area contributed by atoms with Gasteiger partial charge in [-0.1, -0.05) is 6.07 Å². The van der Waals surface area contributed by atoms with E-state index in [2.05, 4.69) is 26.2 Å². The zero-order valence-corrected chi connectivity index (χ0v) is 12.9. The molecule has 0 aliphatic heterocycles. The number of pyridine rings is 1. The normalized spacial score (nSPS) is 10.2. The second-order valence-electron chi connectivity index (χ2n) is 4.25. The summed E-state index contributed by atoms with van der Waals surface area (Å²) in [5.74, 6) is 0.479. The number of hydrogen-bond donors (Lipinski definition) is 1. The SMILES string of the molecule is CCOc1cc(C)ccc1NC(=O)c1ccnc(Br)c1. The van der Waals surface area contributed by atoms with Crippen LogP contribution in [-0.2, 0) is 0 Å². The Kier molecular flexibility index (Phi) is 4.74. The lowest BCUT2D eigenvalue weighted by Crippen LogP contribution is -2.13. The summed E-state index contributed by atoms with van der Waals surface area (Å²) in [5.41, 5.74) is 2.28. The van der Waals surface area contributed by atoms with Gasteiger partial charge in [-0.2, -0.15) is 0 Å². The molecule has 1 N–H and O–H groups in total. The van der Waals surface area contributed by atoms with Gasteiger partial charge in [-0.3, -0.25) is 4.79 Å². The highest BCUT2D eigenvalue weighted by Crippen LogP contribution is 2.26. The molecule has 0 saturated carbocycles. The molecule has 20 heavy (non-hydrogen) atoms. The molecule has 1 heterocycles. The van der Waals surface area contributed by atoms with Gasteiger partial charge in [0.05, 0.1) is 12.3 Å². The lowest BCUT2D eigenvalue weighted by Gasteiger charge is -2.12. The number of amides is 1. The van der Waals surface area contributed by atoms with Crippen molar-refractivity contribution in [3.8, 4) is 5.75 Å². The Morgan fingerprint density at radius 3 is 2.85 bits per heavy atom. The van der Waals surface area contributed by atoms with Crippen LogP contribution in [0.25, 0.3) is 0 Å². The summed E-state index contributed by atoms with van der Waals surface area (Å²) in [6.07, 6.45) is 1.58. The van der Waals surface area contributed by atoms with Crippen molar-refractivity contribution in [1.29, 1.82) is 0 Å². The first-order chi connectivity index (χ1) is 9.60. The molecule has 0 radical (unpaired) electrons. The molecule has 0 spiro atoms. The molecule has 0 saturated heterocycles. The Hall–Kier alpha value is -1.88. The molecule has 0 bridgehead atoms. The van der Waals surface area contributed by atoms with Crippen LogP contribution in [-0.4, -0.2) is 17.5 Å². The monoisotopic (exact) mass is 334 g/mol. The summed E-state index contributed by atoms with van der Waals surface area (Å²) in [6, 6.07) is 9.01.